The van der Waals surface area contributed by atoms with E-state index >= 15 is 0 Å². The Balaban J connectivity index is 1.34. The van der Waals surface area contributed by atoms with Crippen molar-refractivity contribution in [1.29, 1.82) is 0 Å². The zero-order chi connectivity index (χ0) is 24.1. The summed E-state index contributed by atoms with van der Waals surface area (Å²) in [5.74, 6) is 0. The summed E-state index contributed by atoms with van der Waals surface area (Å²) in [6.07, 6.45) is 0. The maximum atomic E-state index is 3.54. The Kier molecular flexibility index (Phi) is 5.31. The first-order valence-corrected chi connectivity index (χ1v) is 13.7. The van der Waals surface area contributed by atoms with Gasteiger partial charge in [0.1, 0.15) is 0 Å². The molecule has 0 unspecified atom stereocenters. The molecule has 36 heavy (non-hydrogen) atoms. The van der Waals surface area contributed by atoms with E-state index in [9.17, 15) is 0 Å². The summed E-state index contributed by atoms with van der Waals surface area (Å²) in [5.41, 5.74) is 10.1. The fraction of sp³-hybridized carbons (Fsp3) is 0. The predicted molar refractivity (Wildman–Crippen MR) is 158 cm³/mol. The molecule has 170 valence electrons. The molecule has 0 amide bonds. The third-order valence-electron chi connectivity index (χ3n) is 6.95. The average molecular weight is 542 g/mol. The second-order valence-corrected chi connectivity index (χ2v) is 11.1. The van der Waals surface area contributed by atoms with Crippen LogP contribution in [0.4, 0.5) is 0 Å². The SMILES string of the molecule is Brc1ccc(-c2cccc(-c3cccc(-c4ccc5c6c(cccc46)Sc4ccccc4-5)c3)c2)cc1. The standard InChI is InChI=1S/C34H21BrS/c35-27-16-14-22(15-17-27)23-6-3-7-24(20-23)25-8-4-9-26(21-25)28-18-19-31-29-10-1-2-12-32(29)36-33-13-5-11-30(28)34(31)33/h1-21H. The molecule has 2 heteroatoms. The zero-order valence-electron chi connectivity index (χ0n) is 19.4. The van der Waals surface area contributed by atoms with Crippen molar-refractivity contribution in [1.82, 2.24) is 0 Å². The quantitative estimate of drug-likeness (QED) is 0.214. The van der Waals surface area contributed by atoms with E-state index in [0.717, 1.165) is 4.47 Å². The zero-order valence-corrected chi connectivity index (χ0v) is 21.8. The maximum absolute atomic E-state index is 3.54. The highest BCUT2D eigenvalue weighted by Crippen LogP contribution is 2.49. The van der Waals surface area contributed by atoms with Crippen LogP contribution in [0.2, 0.25) is 0 Å². The van der Waals surface area contributed by atoms with Crippen molar-refractivity contribution in [3.63, 3.8) is 0 Å². The molecule has 0 fully saturated rings. The fourth-order valence-corrected chi connectivity index (χ4v) is 6.62. The van der Waals surface area contributed by atoms with E-state index in [2.05, 4.69) is 143 Å². The van der Waals surface area contributed by atoms with Gasteiger partial charge in [-0.25, -0.2) is 0 Å². The third kappa shape index (κ3) is 3.69. The van der Waals surface area contributed by atoms with E-state index in [4.69, 9.17) is 0 Å². The minimum Gasteiger partial charge on any atom is -0.0888 e. The van der Waals surface area contributed by atoms with Crippen molar-refractivity contribution in [3.8, 4) is 44.5 Å². The minimum atomic E-state index is 1.10. The van der Waals surface area contributed by atoms with Crippen LogP contribution in [0, 0.1) is 0 Å². The third-order valence-corrected chi connectivity index (χ3v) is 8.61. The number of fused-ring (bicyclic) bond motifs is 2. The van der Waals surface area contributed by atoms with Crippen molar-refractivity contribution in [2.45, 2.75) is 9.79 Å². The first kappa shape index (κ1) is 21.7. The summed E-state index contributed by atoms with van der Waals surface area (Å²) in [7, 11) is 0. The van der Waals surface area contributed by atoms with E-state index in [0.29, 0.717) is 0 Å². The lowest BCUT2D eigenvalue weighted by Gasteiger charge is -2.21. The summed E-state index contributed by atoms with van der Waals surface area (Å²) in [4.78, 5) is 2.67. The van der Waals surface area contributed by atoms with Crippen LogP contribution in [-0.2, 0) is 0 Å². The van der Waals surface area contributed by atoms with Crippen LogP contribution >= 0.6 is 27.7 Å². The van der Waals surface area contributed by atoms with Gasteiger partial charge in [-0.2, -0.15) is 0 Å². The number of benzene rings is 6. The molecule has 0 aliphatic carbocycles. The van der Waals surface area contributed by atoms with Gasteiger partial charge in [0.25, 0.3) is 0 Å². The number of halogens is 1. The molecule has 1 aliphatic heterocycles. The van der Waals surface area contributed by atoms with Crippen LogP contribution in [0.15, 0.2) is 142 Å². The van der Waals surface area contributed by atoms with Gasteiger partial charge in [-0.15, -0.1) is 0 Å². The van der Waals surface area contributed by atoms with Gasteiger partial charge in [-0.3, -0.25) is 0 Å². The van der Waals surface area contributed by atoms with E-state index < -0.39 is 0 Å². The smallest absolute Gasteiger partial charge is 0.0207 e. The van der Waals surface area contributed by atoms with Crippen LogP contribution in [-0.4, -0.2) is 0 Å². The Morgan fingerprint density at radius 2 is 1.03 bits per heavy atom. The van der Waals surface area contributed by atoms with Crippen LogP contribution < -0.4 is 0 Å². The van der Waals surface area contributed by atoms with E-state index in [1.165, 1.54) is 65.1 Å². The lowest BCUT2D eigenvalue weighted by atomic mass is 9.90. The Morgan fingerprint density at radius 3 is 1.83 bits per heavy atom. The molecular formula is C34H21BrS. The lowest BCUT2D eigenvalue weighted by Crippen LogP contribution is -1.94. The van der Waals surface area contributed by atoms with E-state index in [-0.39, 0.29) is 0 Å². The van der Waals surface area contributed by atoms with Crippen LogP contribution in [0.3, 0.4) is 0 Å². The molecule has 7 rings (SSSR count). The van der Waals surface area contributed by atoms with Gasteiger partial charge in [-0.05, 0) is 86.3 Å². The second-order valence-electron chi connectivity index (χ2n) is 9.11. The fourth-order valence-electron chi connectivity index (χ4n) is 5.22. The Labute approximate surface area is 223 Å². The molecule has 0 atom stereocenters. The molecule has 6 aromatic carbocycles. The molecule has 6 aromatic rings. The van der Waals surface area contributed by atoms with Crippen molar-refractivity contribution in [2.75, 3.05) is 0 Å². The normalized spacial score (nSPS) is 11.9. The highest BCUT2D eigenvalue weighted by atomic mass is 79.9. The molecular weight excluding hydrogens is 520 g/mol. The van der Waals surface area contributed by atoms with Gasteiger partial charge >= 0.3 is 0 Å². The van der Waals surface area contributed by atoms with Crippen molar-refractivity contribution < 1.29 is 0 Å². The van der Waals surface area contributed by atoms with Crippen molar-refractivity contribution in [2.24, 2.45) is 0 Å². The maximum Gasteiger partial charge on any atom is 0.0207 e. The summed E-state index contributed by atoms with van der Waals surface area (Å²) in [5, 5.41) is 2.68. The van der Waals surface area contributed by atoms with Gasteiger partial charge in [0, 0.05) is 19.6 Å². The number of rotatable bonds is 3. The first-order chi connectivity index (χ1) is 17.7. The monoisotopic (exact) mass is 540 g/mol. The molecule has 0 spiro atoms. The molecule has 0 N–H and O–H groups in total. The largest absolute Gasteiger partial charge is 0.0888 e. The number of hydrogen-bond donors (Lipinski definition) is 0. The molecule has 0 bridgehead atoms. The summed E-state index contributed by atoms with van der Waals surface area (Å²) in [6.45, 7) is 0. The first-order valence-electron chi connectivity index (χ1n) is 12.0. The number of hydrogen-bond acceptors (Lipinski definition) is 1. The summed E-state index contributed by atoms with van der Waals surface area (Å²) < 4.78 is 1.10. The molecule has 0 saturated carbocycles. The van der Waals surface area contributed by atoms with Gasteiger partial charge in [0.05, 0.1) is 0 Å². The van der Waals surface area contributed by atoms with E-state index in [1.54, 1.807) is 0 Å². The van der Waals surface area contributed by atoms with Crippen molar-refractivity contribution >= 4 is 38.5 Å². The molecule has 1 heterocycles. The molecule has 0 nitrogen and oxygen atoms in total. The van der Waals surface area contributed by atoms with Gasteiger partial charge < -0.3 is 0 Å². The molecule has 0 aromatic heterocycles. The van der Waals surface area contributed by atoms with Crippen LogP contribution in [0.5, 0.6) is 0 Å². The average Bonchev–Trinajstić information content (AvgIpc) is 2.94. The highest BCUT2D eigenvalue weighted by molar-refractivity contribution is 9.10. The van der Waals surface area contributed by atoms with Gasteiger partial charge in [0.2, 0.25) is 0 Å². The topological polar surface area (TPSA) is 0 Å². The Bertz CT molecular complexity index is 1770. The second kappa shape index (κ2) is 8.81. The van der Waals surface area contributed by atoms with Crippen LogP contribution in [0.1, 0.15) is 0 Å². The predicted octanol–water partition coefficient (Wildman–Crippen LogP) is 10.7. The van der Waals surface area contributed by atoms with Crippen molar-refractivity contribution in [3.05, 3.63) is 132 Å². The minimum absolute atomic E-state index is 1.10. The van der Waals surface area contributed by atoms with Gasteiger partial charge in [-0.1, -0.05) is 119 Å². The summed E-state index contributed by atoms with van der Waals surface area (Å²) >= 11 is 5.42. The highest BCUT2D eigenvalue weighted by Gasteiger charge is 2.20. The van der Waals surface area contributed by atoms with Crippen LogP contribution in [0.25, 0.3) is 55.3 Å². The van der Waals surface area contributed by atoms with Gasteiger partial charge in [0.15, 0.2) is 0 Å². The summed E-state index contributed by atoms with van der Waals surface area (Å²) in [6, 6.07) is 46.3. The Hall–Kier alpha value is -3.59. The lowest BCUT2D eigenvalue weighted by molar-refractivity contribution is 1.40. The molecule has 0 saturated heterocycles. The molecule has 0 radical (unpaired) electrons. The molecule has 1 aliphatic rings. The van der Waals surface area contributed by atoms with E-state index in [1.807, 2.05) is 11.8 Å². The Morgan fingerprint density at radius 1 is 0.417 bits per heavy atom.